The van der Waals surface area contributed by atoms with E-state index in [0.717, 1.165) is 22.4 Å². The largest absolute Gasteiger partial charge is 0.493 e. The highest BCUT2D eigenvalue weighted by atomic mass is 16.5. The Balaban J connectivity index is 1.81. The van der Waals surface area contributed by atoms with Crippen LogP contribution >= 0.6 is 0 Å². The van der Waals surface area contributed by atoms with E-state index >= 15 is 0 Å². The van der Waals surface area contributed by atoms with Crippen LogP contribution in [0.15, 0.2) is 85.1 Å². The van der Waals surface area contributed by atoms with Crippen LogP contribution in [0.25, 0.3) is 22.4 Å². The monoisotopic (exact) mass is 370 g/mol. The van der Waals surface area contributed by atoms with Gasteiger partial charge >= 0.3 is 0 Å². The molecule has 1 aromatic heterocycles. The molecular weight excluding hydrogens is 348 g/mol. The Bertz CT molecular complexity index is 1060. The topological polar surface area (TPSA) is 36.3 Å². The predicted molar refractivity (Wildman–Crippen MR) is 112 cm³/mol. The first kappa shape index (κ1) is 17.9. The van der Waals surface area contributed by atoms with Crippen molar-refractivity contribution in [3.63, 3.8) is 0 Å². The second-order valence-corrected chi connectivity index (χ2v) is 6.51. The fourth-order valence-corrected chi connectivity index (χ4v) is 3.30. The molecule has 0 N–H and O–H groups in total. The van der Waals surface area contributed by atoms with E-state index in [0.29, 0.717) is 18.0 Å². The molecular formula is C24H22N2O2. The van der Waals surface area contributed by atoms with Gasteiger partial charge in [0.05, 0.1) is 20.8 Å². The molecule has 0 aliphatic heterocycles. The summed E-state index contributed by atoms with van der Waals surface area (Å²) in [7, 11) is 3.29. The SMILES string of the molecule is COc1ccc(-c2nn(Cc3ccccc3)cc2-c2ccccc2)cc1OC. The smallest absolute Gasteiger partial charge is 0.161 e. The van der Waals surface area contributed by atoms with Crippen LogP contribution in [0.3, 0.4) is 0 Å². The minimum Gasteiger partial charge on any atom is -0.493 e. The lowest BCUT2D eigenvalue weighted by atomic mass is 10.0. The van der Waals surface area contributed by atoms with E-state index in [4.69, 9.17) is 14.6 Å². The molecule has 1 heterocycles. The maximum absolute atomic E-state index is 5.49. The summed E-state index contributed by atoms with van der Waals surface area (Å²) in [5, 5.41) is 4.90. The molecule has 140 valence electrons. The highest BCUT2D eigenvalue weighted by molar-refractivity contribution is 5.81. The minimum absolute atomic E-state index is 0.691. The van der Waals surface area contributed by atoms with Crippen molar-refractivity contribution in [2.45, 2.75) is 6.54 Å². The third-order valence-corrected chi connectivity index (χ3v) is 4.69. The Labute approximate surface area is 165 Å². The van der Waals surface area contributed by atoms with Crippen molar-refractivity contribution in [2.24, 2.45) is 0 Å². The molecule has 4 nitrogen and oxygen atoms in total. The third-order valence-electron chi connectivity index (χ3n) is 4.69. The first-order valence-corrected chi connectivity index (χ1v) is 9.17. The first-order chi connectivity index (χ1) is 13.8. The second-order valence-electron chi connectivity index (χ2n) is 6.51. The van der Waals surface area contributed by atoms with Crippen molar-refractivity contribution in [1.82, 2.24) is 9.78 Å². The standard InChI is InChI=1S/C24H22N2O2/c1-27-22-14-13-20(15-23(22)28-2)24-21(19-11-7-4-8-12-19)17-26(25-24)16-18-9-5-3-6-10-18/h3-15,17H,16H2,1-2H3. The Morgan fingerprint density at radius 2 is 1.43 bits per heavy atom. The summed E-state index contributed by atoms with van der Waals surface area (Å²) >= 11 is 0. The molecule has 0 atom stereocenters. The van der Waals surface area contributed by atoms with Gasteiger partial charge in [-0.05, 0) is 29.3 Å². The Kier molecular flexibility index (Phi) is 5.11. The number of rotatable bonds is 6. The van der Waals surface area contributed by atoms with Crippen LogP contribution in [-0.2, 0) is 6.54 Å². The van der Waals surface area contributed by atoms with E-state index in [-0.39, 0.29) is 0 Å². The van der Waals surface area contributed by atoms with Gasteiger partial charge in [-0.2, -0.15) is 5.10 Å². The number of ether oxygens (including phenoxy) is 2. The highest BCUT2D eigenvalue weighted by Crippen LogP contribution is 2.36. The molecule has 3 aromatic carbocycles. The van der Waals surface area contributed by atoms with Crippen LogP contribution in [0.5, 0.6) is 11.5 Å². The number of nitrogens with zero attached hydrogens (tertiary/aromatic N) is 2. The van der Waals surface area contributed by atoms with Crippen LogP contribution in [0.4, 0.5) is 0 Å². The van der Waals surface area contributed by atoms with Crippen molar-refractivity contribution in [3.05, 3.63) is 90.6 Å². The maximum Gasteiger partial charge on any atom is 0.161 e. The van der Waals surface area contributed by atoms with Crippen LogP contribution in [0.1, 0.15) is 5.56 Å². The summed E-state index contributed by atoms with van der Waals surface area (Å²) in [4.78, 5) is 0. The molecule has 0 saturated carbocycles. The molecule has 0 spiro atoms. The number of methoxy groups -OCH3 is 2. The van der Waals surface area contributed by atoms with E-state index in [1.54, 1.807) is 14.2 Å². The van der Waals surface area contributed by atoms with Gasteiger partial charge in [-0.25, -0.2) is 0 Å². The molecule has 4 rings (SSSR count). The van der Waals surface area contributed by atoms with Crippen LogP contribution < -0.4 is 9.47 Å². The zero-order chi connectivity index (χ0) is 19.3. The van der Waals surface area contributed by atoms with E-state index in [1.165, 1.54) is 5.56 Å². The lowest BCUT2D eigenvalue weighted by Crippen LogP contribution is -2.00. The van der Waals surface area contributed by atoms with Gasteiger partial charge in [0.2, 0.25) is 0 Å². The predicted octanol–water partition coefficient (Wildman–Crippen LogP) is 5.28. The van der Waals surface area contributed by atoms with Crippen molar-refractivity contribution < 1.29 is 9.47 Å². The molecule has 0 saturated heterocycles. The average molecular weight is 370 g/mol. The van der Waals surface area contributed by atoms with Gasteiger partial charge in [-0.15, -0.1) is 0 Å². The lowest BCUT2D eigenvalue weighted by molar-refractivity contribution is 0.355. The van der Waals surface area contributed by atoms with E-state index in [1.807, 2.05) is 59.3 Å². The fraction of sp³-hybridized carbons (Fsp3) is 0.125. The van der Waals surface area contributed by atoms with Gasteiger partial charge in [0, 0.05) is 17.3 Å². The number of aromatic nitrogens is 2. The highest BCUT2D eigenvalue weighted by Gasteiger charge is 2.15. The fourth-order valence-electron chi connectivity index (χ4n) is 3.30. The van der Waals surface area contributed by atoms with Gasteiger partial charge in [0.15, 0.2) is 11.5 Å². The Hall–Kier alpha value is -3.53. The van der Waals surface area contributed by atoms with Gasteiger partial charge in [-0.1, -0.05) is 60.7 Å². The zero-order valence-electron chi connectivity index (χ0n) is 16.0. The van der Waals surface area contributed by atoms with E-state index in [2.05, 4.69) is 30.5 Å². The molecule has 0 fully saturated rings. The molecule has 0 radical (unpaired) electrons. The normalized spacial score (nSPS) is 10.6. The number of hydrogen-bond donors (Lipinski definition) is 0. The molecule has 0 bridgehead atoms. The van der Waals surface area contributed by atoms with E-state index < -0.39 is 0 Å². The van der Waals surface area contributed by atoms with Gasteiger partial charge in [0.1, 0.15) is 5.69 Å². The second kappa shape index (κ2) is 8.01. The summed E-state index contributed by atoms with van der Waals surface area (Å²) in [5.74, 6) is 1.40. The minimum atomic E-state index is 0.691. The molecule has 0 unspecified atom stereocenters. The Morgan fingerprint density at radius 3 is 2.11 bits per heavy atom. The quantitative estimate of drug-likeness (QED) is 0.463. The summed E-state index contributed by atoms with van der Waals surface area (Å²) < 4.78 is 12.9. The van der Waals surface area contributed by atoms with Gasteiger partial charge < -0.3 is 9.47 Å². The van der Waals surface area contributed by atoms with Crippen molar-refractivity contribution in [1.29, 1.82) is 0 Å². The molecule has 4 aromatic rings. The zero-order valence-corrected chi connectivity index (χ0v) is 16.0. The van der Waals surface area contributed by atoms with Gasteiger partial charge in [0.25, 0.3) is 0 Å². The lowest BCUT2D eigenvalue weighted by Gasteiger charge is -2.09. The third kappa shape index (κ3) is 3.62. The molecule has 0 aliphatic rings. The molecule has 0 aliphatic carbocycles. The Morgan fingerprint density at radius 1 is 0.750 bits per heavy atom. The molecule has 4 heteroatoms. The summed E-state index contributed by atoms with van der Waals surface area (Å²) in [5.41, 5.74) is 5.34. The van der Waals surface area contributed by atoms with E-state index in [9.17, 15) is 0 Å². The van der Waals surface area contributed by atoms with Crippen molar-refractivity contribution >= 4 is 0 Å². The van der Waals surface area contributed by atoms with Crippen molar-refractivity contribution in [2.75, 3.05) is 14.2 Å². The summed E-state index contributed by atoms with van der Waals surface area (Å²) in [6.45, 7) is 0.716. The first-order valence-electron chi connectivity index (χ1n) is 9.17. The maximum atomic E-state index is 5.49. The van der Waals surface area contributed by atoms with Crippen LogP contribution in [0, 0.1) is 0 Å². The number of hydrogen-bond acceptors (Lipinski definition) is 3. The summed E-state index contributed by atoms with van der Waals surface area (Å²) in [6.07, 6.45) is 2.11. The number of benzene rings is 3. The van der Waals surface area contributed by atoms with Crippen LogP contribution in [0.2, 0.25) is 0 Å². The molecule has 0 amide bonds. The average Bonchev–Trinajstić information content (AvgIpc) is 3.18. The van der Waals surface area contributed by atoms with Gasteiger partial charge in [-0.3, -0.25) is 4.68 Å². The molecule has 28 heavy (non-hydrogen) atoms. The van der Waals surface area contributed by atoms with Crippen LogP contribution in [-0.4, -0.2) is 24.0 Å². The van der Waals surface area contributed by atoms with Crippen molar-refractivity contribution in [3.8, 4) is 33.9 Å². The summed E-state index contributed by atoms with van der Waals surface area (Å²) in [6, 6.07) is 26.6.